The van der Waals surface area contributed by atoms with E-state index in [4.69, 9.17) is 0 Å². The minimum absolute atomic E-state index is 0.145. The summed E-state index contributed by atoms with van der Waals surface area (Å²) in [5, 5.41) is 9.74. The number of rotatable bonds is 3. The van der Waals surface area contributed by atoms with Crippen LogP contribution in [0.4, 0.5) is 14.5 Å². The van der Waals surface area contributed by atoms with Crippen molar-refractivity contribution in [3.63, 3.8) is 0 Å². The number of halogens is 2. The van der Waals surface area contributed by atoms with E-state index in [2.05, 4.69) is 14.7 Å². The van der Waals surface area contributed by atoms with Crippen molar-refractivity contribution in [2.24, 2.45) is 0 Å². The molecule has 0 bridgehead atoms. The van der Waals surface area contributed by atoms with Gasteiger partial charge in [-0.2, -0.15) is 8.78 Å². The lowest BCUT2D eigenvalue weighted by Crippen LogP contribution is -2.50. The number of alkyl halides is 2. The number of para-hydroxylation sites is 1. The Morgan fingerprint density at radius 2 is 2.00 bits per heavy atom. The molecule has 0 radical (unpaired) electrons. The average Bonchev–Trinajstić information content (AvgIpc) is 2.52. The highest BCUT2D eigenvalue weighted by Gasteiger charge is 2.51. The summed E-state index contributed by atoms with van der Waals surface area (Å²) < 4.78 is 32.4. The van der Waals surface area contributed by atoms with Crippen molar-refractivity contribution in [1.82, 2.24) is 9.97 Å². The summed E-state index contributed by atoms with van der Waals surface area (Å²) >= 11 is 0. The van der Waals surface area contributed by atoms with Crippen LogP contribution >= 0.6 is 0 Å². The van der Waals surface area contributed by atoms with E-state index in [0.717, 1.165) is 4.90 Å². The molecule has 1 aromatic heterocycles. The molecule has 1 aliphatic rings. The molecule has 0 aliphatic carbocycles. The molecular weight excluding hydrogens is 308 g/mol. The minimum Gasteiger partial charge on any atom is -0.423 e. The topological polar surface area (TPSA) is 75.6 Å². The molecule has 0 saturated heterocycles. The quantitative estimate of drug-likeness (QED) is 0.936. The first-order chi connectivity index (χ1) is 10.9. The zero-order valence-electron chi connectivity index (χ0n) is 12.1. The van der Waals surface area contributed by atoms with Gasteiger partial charge in [0, 0.05) is 18.0 Å². The predicted octanol–water partition coefficient (Wildman–Crippen LogP) is 2.05. The number of hydrogen-bond donors (Lipinski definition) is 1. The molecule has 3 rings (SSSR count). The first kappa shape index (κ1) is 15.3. The maximum atomic E-state index is 13.9. The van der Waals surface area contributed by atoms with Gasteiger partial charge in [-0.05, 0) is 19.1 Å². The summed E-state index contributed by atoms with van der Waals surface area (Å²) in [4.78, 5) is 20.8. The van der Waals surface area contributed by atoms with E-state index in [1.54, 1.807) is 12.1 Å². The summed E-state index contributed by atoms with van der Waals surface area (Å²) in [6, 6.07) is 6.07. The number of ether oxygens (including phenoxy) is 1. The van der Waals surface area contributed by atoms with Crippen LogP contribution in [0.3, 0.4) is 0 Å². The molecule has 0 fully saturated rings. The summed E-state index contributed by atoms with van der Waals surface area (Å²) in [5.74, 6) is -1.50. The van der Waals surface area contributed by atoms with Gasteiger partial charge in [0.2, 0.25) is 0 Å². The summed E-state index contributed by atoms with van der Waals surface area (Å²) in [7, 11) is 0. The Hall–Kier alpha value is -2.61. The van der Waals surface area contributed by atoms with Crippen molar-refractivity contribution >= 4 is 11.6 Å². The normalized spacial score (nSPS) is 17.4. The van der Waals surface area contributed by atoms with E-state index in [1.165, 1.54) is 31.5 Å². The van der Waals surface area contributed by atoms with Crippen LogP contribution in [0, 0.1) is 0 Å². The maximum absolute atomic E-state index is 13.9. The van der Waals surface area contributed by atoms with Crippen molar-refractivity contribution in [2.45, 2.75) is 25.7 Å². The van der Waals surface area contributed by atoms with E-state index in [-0.39, 0.29) is 29.4 Å². The summed E-state index contributed by atoms with van der Waals surface area (Å²) in [6.45, 7) is 1.20. The molecular formula is C15H13F2N3O3. The van der Waals surface area contributed by atoms with Crippen LogP contribution in [0.5, 0.6) is 5.75 Å². The summed E-state index contributed by atoms with van der Waals surface area (Å²) in [5.41, 5.74) is 0.320. The molecule has 23 heavy (non-hydrogen) atoms. The Labute approximate surface area is 130 Å². The van der Waals surface area contributed by atoms with Crippen LogP contribution in [0.1, 0.15) is 24.4 Å². The predicted molar refractivity (Wildman–Crippen MR) is 75.9 cm³/mol. The number of hydrogen-bond acceptors (Lipinski definition) is 5. The van der Waals surface area contributed by atoms with Crippen LogP contribution in [0.25, 0.3) is 0 Å². The Kier molecular flexibility index (Phi) is 3.69. The van der Waals surface area contributed by atoms with Crippen LogP contribution < -0.4 is 9.64 Å². The van der Waals surface area contributed by atoms with Gasteiger partial charge in [-0.3, -0.25) is 9.69 Å². The van der Waals surface area contributed by atoms with Crippen molar-refractivity contribution in [3.05, 3.63) is 48.0 Å². The number of carbonyl (C=O) groups excluding carboxylic acids is 1. The average molecular weight is 321 g/mol. The Balaban J connectivity index is 2.09. The van der Waals surface area contributed by atoms with E-state index < -0.39 is 18.1 Å². The Bertz CT molecular complexity index is 738. The van der Waals surface area contributed by atoms with Crippen LogP contribution in [0.15, 0.2) is 36.7 Å². The third-order valence-corrected chi connectivity index (χ3v) is 3.41. The van der Waals surface area contributed by atoms with Gasteiger partial charge >= 0.3 is 12.0 Å². The number of benzene rings is 1. The number of carbonyl (C=O) groups is 1. The standard InChI is InChI=1S/C15H13F2N3O3/c1-9(21)10-4-2-5-11-13(10)23-15(16,17)14(22)20(11)8-12-18-6-3-7-19-12/h2-7,9,21H,8H2,1H3. The van der Waals surface area contributed by atoms with E-state index in [0.29, 0.717) is 0 Å². The number of nitrogens with zero attached hydrogens (tertiary/aromatic N) is 3. The number of fused-ring (bicyclic) bond motifs is 1. The third-order valence-electron chi connectivity index (χ3n) is 3.41. The molecule has 1 amide bonds. The lowest BCUT2D eigenvalue weighted by Gasteiger charge is -2.34. The smallest absolute Gasteiger partial charge is 0.423 e. The molecule has 0 spiro atoms. The highest BCUT2D eigenvalue weighted by atomic mass is 19.3. The second-order valence-electron chi connectivity index (χ2n) is 5.05. The monoisotopic (exact) mass is 321 g/mol. The zero-order valence-corrected chi connectivity index (χ0v) is 12.1. The van der Waals surface area contributed by atoms with Gasteiger partial charge in [0.05, 0.1) is 18.3 Å². The fourth-order valence-electron chi connectivity index (χ4n) is 2.34. The molecule has 1 atom stereocenters. The van der Waals surface area contributed by atoms with E-state index in [9.17, 15) is 18.7 Å². The van der Waals surface area contributed by atoms with E-state index >= 15 is 0 Å². The van der Waals surface area contributed by atoms with Gasteiger partial charge in [-0.25, -0.2) is 9.97 Å². The highest BCUT2D eigenvalue weighted by molar-refractivity contribution is 6.01. The van der Waals surface area contributed by atoms with Gasteiger partial charge < -0.3 is 9.84 Å². The summed E-state index contributed by atoms with van der Waals surface area (Å²) in [6.07, 6.45) is -2.13. The molecule has 1 aromatic carbocycles. The number of anilines is 1. The van der Waals surface area contributed by atoms with Crippen molar-refractivity contribution in [3.8, 4) is 5.75 Å². The first-order valence-electron chi connectivity index (χ1n) is 6.86. The fraction of sp³-hybridized carbons (Fsp3) is 0.267. The zero-order chi connectivity index (χ0) is 16.6. The van der Waals surface area contributed by atoms with Crippen molar-refractivity contribution < 1.29 is 23.4 Å². The minimum atomic E-state index is -4.02. The second kappa shape index (κ2) is 5.54. The highest BCUT2D eigenvalue weighted by Crippen LogP contribution is 2.43. The van der Waals surface area contributed by atoms with Gasteiger partial charge in [-0.1, -0.05) is 12.1 Å². The van der Waals surface area contributed by atoms with Crippen molar-refractivity contribution in [2.75, 3.05) is 4.90 Å². The van der Waals surface area contributed by atoms with Gasteiger partial charge in [0.25, 0.3) is 0 Å². The first-order valence-corrected chi connectivity index (χ1v) is 6.86. The SMILES string of the molecule is CC(O)c1cccc2c1OC(F)(F)C(=O)N2Cc1ncccn1. The molecule has 1 N–H and O–H groups in total. The molecule has 8 heteroatoms. The van der Waals surface area contributed by atoms with Crippen molar-refractivity contribution in [1.29, 1.82) is 0 Å². The molecule has 6 nitrogen and oxygen atoms in total. The van der Waals surface area contributed by atoms with Crippen LogP contribution in [-0.2, 0) is 11.3 Å². The Morgan fingerprint density at radius 1 is 1.30 bits per heavy atom. The number of aliphatic hydroxyl groups excluding tert-OH is 1. The molecule has 2 aromatic rings. The number of aromatic nitrogens is 2. The van der Waals surface area contributed by atoms with Gasteiger partial charge in [0.1, 0.15) is 5.82 Å². The lowest BCUT2D eigenvalue weighted by molar-refractivity contribution is -0.193. The maximum Gasteiger partial charge on any atom is 0.483 e. The number of aliphatic hydroxyl groups is 1. The molecule has 2 heterocycles. The van der Waals surface area contributed by atoms with E-state index in [1.807, 2.05) is 0 Å². The van der Waals surface area contributed by atoms with Gasteiger partial charge in [0.15, 0.2) is 5.75 Å². The molecule has 120 valence electrons. The molecule has 1 aliphatic heterocycles. The molecule has 0 saturated carbocycles. The third kappa shape index (κ3) is 2.72. The lowest BCUT2D eigenvalue weighted by atomic mass is 10.1. The van der Waals surface area contributed by atoms with Gasteiger partial charge in [-0.15, -0.1) is 0 Å². The Morgan fingerprint density at radius 3 is 2.65 bits per heavy atom. The molecule has 1 unspecified atom stereocenters. The van der Waals surface area contributed by atoms with Crippen LogP contribution in [-0.4, -0.2) is 27.1 Å². The fourth-order valence-corrected chi connectivity index (χ4v) is 2.34. The van der Waals surface area contributed by atoms with Crippen LogP contribution in [0.2, 0.25) is 0 Å². The largest absolute Gasteiger partial charge is 0.483 e. The second-order valence-corrected chi connectivity index (χ2v) is 5.05. The number of amides is 1.